The summed E-state index contributed by atoms with van der Waals surface area (Å²) in [5.41, 5.74) is 2.21. The lowest BCUT2D eigenvalue weighted by Gasteiger charge is -2.25. The van der Waals surface area contributed by atoms with E-state index in [1.165, 1.54) is 18.9 Å². The topological polar surface area (TPSA) is 52.6 Å². The molecular formula is C22H18O4S. The van der Waals surface area contributed by atoms with Gasteiger partial charge in [0.05, 0.1) is 18.2 Å². The van der Waals surface area contributed by atoms with Gasteiger partial charge in [0.25, 0.3) is 0 Å². The number of benzene rings is 3. The number of hydrogen-bond donors (Lipinski definition) is 0. The van der Waals surface area contributed by atoms with Crippen molar-refractivity contribution >= 4 is 34.5 Å². The average molecular weight is 378 g/mol. The SMILES string of the molecule is COC(=O)c1ccccc1SCC1Cc2ccc3ccccc3c2C(=O)O1. The second-order valence-electron chi connectivity index (χ2n) is 6.35. The molecule has 4 nitrogen and oxygen atoms in total. The van der Waals surface area contributed by atoms with Gasteiger partial charge in [-0.25, -0.2) is 9.59 Å². The van der Waals surface area contributed by atoms with Crippen molar-refractivity contribution in [1.29, 1.82) is 0 Å². The Kier molecular flexibility index (Phi) is 4.86. The molecule has 1 heterocycles. The smallest absolute Gasteiger partial charge is 0.339 e. The highest BCUT2D eigenvalue weighted by molar-refractivity contribution is 7.99. The first-order valence-corrected chi connectivity index (χ1v) is 9.67. The number of cyclic esters (lactones) is 1. The quantitative estimate of drug-likeness (QED) is 0.494. The number of rotatable bonds is 4. The molecule has 136 valence electrons. The Morgan fingerprint density at radius 1 is 1.11 bits per heavy atom. The van der Waals surface area contributed by atoms with Gasteiger partial charge in [-0.15, -0.1) is 11.8 Å². The van der Waals surface area contributed by atoms with Gasteiger partial charge in [0.15, 0.2) is 0 Å². The van der Waals surface area contributed by atoms with Gasteiger partial charge in [0, 0.05) is 17.1 Å². The van der Waals surface area contributed by atoms with Gasteiger partial charge in [-0.05, 0) is 28.5 Å². The molecule has 0 saturated heterocycles. The van der Waals surface area contributed by atoms with E-state index in [9.17, 15) is 9.59 Å². The minimum atomic E-state index is -0.365. The monoisotopic (exact) mass is 378 g/mol. The van der Waals surface area contributed by atoms with E-state index >= 15 is 0 Å². The van der Waals surface area contributed by atoms with Crippen LogP contribution in [-0.4, -0.2) is 30.9 Å². The molecular weight excluding hydrogens is 360 g/mol. The molecule has 0 aromatic heterocycles. The molecule has 3 aromatic carbocycles. The molecule has 0 fully saturated rings. The largest absolute Gasteiger partial charge is 0.465 e. The second kappa shape index (κ2) is 7.45. The van der Waals surface area contributed by atoms with Crippen LogP contribution in [0.15, 0.2) is 65.6 Å². The molecule has 0 bridgehead atoms. The summed E-state index contributed by atoms with van der Waals surface area (Å²) in [7, 11) is 1.37. The van der Waals surface area contributed by atoms with Gasteiger partial charge >= 0.3 is 11.9 Å². The van der Waals surface area contributed by atoms with Crippen LogP contribution in [0.2, 0.25) is 0 Å². The molecule has 1 aliphatic rings. The molecule has 1 aliphatic heterocycles. The molecule has 4 rings (SSSR count). The van der Waals surface area contributed by atoms with Crippen molar-refractivity contribution in [2.45, 2.75) is 17.4 Å². The van der Waals surface area contributed by atoms with Crippen LogP contribution in [0.3, 0.4) is 0 Å². The van der Waals surface area contributed by atoms with E-state index in [0.29, 0.717) is 23.3 Å². The highest BCUT2D eigenvalue weighted by atomic mass is 32.2. The second-order valence-corrected chi connectivity index (χ2v) is 7.41. The number of carbonyl (C=O) groups excluding carboxylic acids is 2. The van der Waals surface area contributed by atoms with Crippen LogP contribution in [0.5, 0.6) is 0 Å². The van der Waals surface area contributed by atoms with Crippen LogP contribution in [0.1, 0.15) is 26.3 Å². The summed E-state index contributed by atoms with van der Waals surface area (Å²) in [4.78, 5) is 25.4. The molecule has 0 spiro atoms. The first-order chi connectivity index (χ1) is 13.2. The van der Waals surface area contributed by atoms with Crippen LogP contribution in [0.4, 0.5) is 0 Å². The predicted molar refractivity (Wildman–Crippen MR) is 105 cm³/mol. The summed E-state index contributed by atoms with van der Waals surface area (Å²) in [5, 5.41) is 1.97. The summed E-state index contributed by atoms with van der Waals surface area (Å²) in [5.74, 6) is -0.0677. The van der Waals surface area contributed by atoms with Crippen molar-refractivity contribution in [2.75, 3.05) is 12.9 Å². The summed E-state index contributed by atoms with van der Waals surface area (Å²) < 4.78 is 10.5. The third-order valence-corrected chi connectivity index (χ3v) is 5.86. The van der Waals surface area contributed by atoms with Crippen molar-refractivity contribution in [3.05, 3.63) is 77.4 Å². The van der Waals surface area contributed by atoms with Crippen molar-refractivity contribution in [1.82, 2.24) is 0 Å². The molecule has 3 aromatic rings. The first-order valence-electron chi connectivity index (χ1n) is 8.69. The molecule has 0 saturated carbocycles. The van der Waals surface area contributed by atoms with E-state index in [4.69, 9.17) is 9.47 Å². The Labute approximate surface area is 161 Å². The van der Waals surface area contributed by atoms with Crippen LogP contribution < -0.4 is 0 Å². The zero-order chi connectivity index (χ0) is 18.8. The molecule has 1 unspecified atom stereocenters. The fourth-order valence-electron chi connectivity index (χ4n) is 3.37. The predicted octanol–water partition coefficient (Wildman–Crippen LogP) is 4.50. The Morgan fingerprint density at radius 2 is 1.89 bits per heavy atom. The molecule has 1 atom stereocenters. The van der Waals surface area contributed by atoms with E-state index in [0.717, 1.165) is 21.2 Å². The lowest BCUT2D eigenvalue weighted by molar-refractivity contribution is 0.0314. The Balaban J connectivity index is 1.54. The fraction of sp³-hybridized carbons (Fsp3) is 0.182. The first kappa shape index (κ1) is 17.6. The van der Waals surface area contributed by atoms with Crippen LogP contribution >= 0.6 is 11.8 Å². The number of thioether (sulfide) groups is 1. The van der Waals surface area contributed by atoms with Crippen LogP contribution in [0.25, 0.3) is 10.8 Å². The number of esters is 2. The van der Waals surface area contributed by atoms with E-state index in [2.05, 4.69) is 0 Å². The highest BCUT2D eigenvalue weighted by Gasteiger charge is 2.28. The third-order valence-electron chi connectivity index (χ3n) is 4.66. The summed E-state index contributed by atoms with van der Waals surface area (Å²) in [6, 6.07) is 19.2. The minimum absolute atomic E-state index is 0.234. The van der Waals surface area contributed by atoms with Gasteiger partial charge in [-0.1, -0.05) is 48.5 Å². The van der Waals surface area contributed by atoms with E-state index < -0.39 is 0 Å². The maximum atomic E-state index is 12.6. The molecule has 0 N–H and O–H groups in total. The molecule has 5 heteroatoms. The molecule has 27 heavy (non-hydrogen) atoms. The Bertz CT molecular complexity index is 1030. The van der Waals surface area contributed by atoms with Gasteiger partial charge in [0.2, 0.25) is 0 Å². The van der Waals surface area contributed by atoms with Crippen molar-refractivity contribution in [3.63, 3.8) is 0 Å². The summed E-state index contributed by atoms with van der Waals surface area (Å²) >= 11 is 1.50. The average Bonchev–Trinajstić information content (AvgIpc) is 2.71. The fourth-order valence-corrected chi connectivity index (χ4v) is 4.40. The van der Waals surface area contributed by atoms with Crippen molar-refractivity contribution < 1.29 is 19.1 Å². The maximum Gasteiger partial charge on any atom is 0.339 e. The molecule has 0 amide bonds. The number of fused-ring (bicyclic) bond motifs is 3. The molecule has 0 radical (unpaired) electrons. The lowest BCUT2D eigenvalue weighted by Crippen LogP contribution is -2.29. The summed E-state index contributed by atoms with van der Waals surface area (Å²) in [6.45, 7) is 0. The third kappa shape index (κ3) is 3.43. The number of methoxy groups -OCH3 is 1. The maximum absolute atomic E-state index is 12.6. The van der Waals surface area contributed by atoms with Crippen molar-refractivity contribution in [3.8, 4) is 0 Å². The number of hydrogen-bond acceptors (Lipinski definition) is 5. The zero-order valence-corrected chi connectivity index (χ0v) is 15.6. The lowest BCUT2D eigenvalue weighted by atomic mass is 9.94. The van der Waals surface area contributed by atoms with E-state index in [-0.39, 0.29) is 18.0 Å². The zero-order valence-electron chi connectivity index (χ0n) is 14.8. The van der Waals surface area contributed by atoms with Gasteiger partial charge in [-0.2, -0.15) is 0 Å². The van der Waals surface area contributed by atoms with Gasteiger partial charge in [-0.3, -0.25) is 0 Å². The number of ether oxygens (including phenoxy) is 2. The van der Waals surface area contributed by atoms with Crippen LogP contribution in [-0.2, 0) is 15.9 Å². The van der Waals surface area contributed by atoms with Gasteiger partial charge < -0.3 is 9.47 Å². The Morgan fingerprint density at radius 3 is 2.74 bits per heavy atom. The minimum Gasteiger partial charge on any atom is -0.465 e. The summed E-state index contributed by atoms with van der Waals surface area (Å²) in [6.07, 6.45) is 0.432. The van der Waals surface area contributed by atoms with E-state index in [1.54, 1.807) is 12.1 Å². The van der Waals surface area contributed by atoms with Gasteiger partial charge in [0.1, 0.15) is 6.10 Å². The van der Waals surface area contributed by atoms with E-state index in [1.807, 2.05) is 48.5 Å². The highest BCUT2D eigenvalue weighted by Crippen LogP contribution is 2.31. The standard InChI is InChI=1S/C22H18O4S/c1-25-21(23)18-8-4-5-9-19(18)27-13-16-12-15-11-10-14-6-2-3-7-17(14)20(15)22(24)26-16/h2-11,16H,12-13H2,1H3. The van der Waals surface area contributed by atoms with Crippen molar-refractivity contribution in [2.24, 2.45) is 0 Å². The number of carbonyl (C=O) groups is 2. The van der Waals surface area contributed by atoms with Crippen LogP contribution in [0, 0.1) is 0 Å². The molecule has 0 aliphatic carbocycles. The normalized spacial score (nSPS) is 15.9. The Hall–Kier alpha value is -2.79.